The first-order valence-electron chi connectivity index (χ1n) is 8.92. The monoisotopic (exact) mass is 406 g/mol. The molecule has 2 aromatic rings. The third kappa shape index (κ3) is 4.84. The highest BCUT2D eigenvalue weighted by atomic mass is 16.7. The Hall–Kier alpha value is -2.69. The lowest BCUT2D eigenvalue weighted by atomic mass is 9.99. The van der Waals surface area contributed by atoms with Gasteiger partial charge in [0.2, 0.25) is 6.29 Å². The highest BCUT2D eigenvalue weighted by Crippen LogP contribution is 2.33. The van der Waals surface area contributed by atoms with Crippen molar-refractivity contribution < 1.29 is 44.5 Å². The number of ether oxygens (including phenoxy) is 3. The van der Waals surface area contributed by atoms with E-state index in [0.717, 1.165) is 5.56 Å². The van der Waals surface area contributed by atoms with Crippen molar-refractivity contribution in [1.29, 1.82) is 0 Å². The van der Waals surface area contributed by atoms with Crippen LogP contribution in [0.4, 0.5) is 0 Å². The van der Waals surface area contributed by atoms with Gasteiger partial charge in [-0.2, -0.15) is 0 Å². The molecule has 1 saturated heterocycles. The van der Waals surface area contributed by atoms with Gasteiger partial charge < -0.3 is 39.7 Å². The van der Waals surface area contributed by atoms with E-state index in [1.165, 1.54) is 0 Å². The molecule has 9 nitrogen and oxygen atoms in total. The number of para-hydroxylation sites is 1. The Balaban J connectivity index is 1.79. The Labute approximate surface area is 166 Å². The van der Waals surface area contributed by atoms with Crippen LogP contribution < -0.4 is 9.47 Å². The number of aliphatic hydroxyl groups is 4. The average molecular weight is 406 g/mol. The van der Waals surface area contributed by atoms with Gasteiger partial charge in [-0.1, -0.05) is 30.3 Å². The van der Waals surface area contributed by atoms with Gasteiger partial charge in [0.15, 0.2) is 6.61 Å². The lowest BCUT2D eigenvalue weighted by Crippen LogP contribution is -2.60. The molecule has 0 aromatic heterocycles. The molecule has 0 amide bonds. The molecule has 5 N–H and O–H groups in total. The molecule has 2 aromatic carbocycles. The molecule has 3 rings (SSSR count). The molecular formula is C20H22O9. The molecular weight excluding hydrogens is 384 g/mol. The summed E-state index contributed by atoms with van der Waals surface area (Å²) < 4.78 is 16.3. The number of carbonyl (C=O) groups is 1. The summed E-state index contributed by atoms with van der Waals surface area (Å²) in [5, 5.41) is 48.0. The quantitative estimate of drug-likeness (QED) is 0.429. The maximum atomic E-state index is 10.6. The molecule has 0 aliphatic carbocycles. The van der Waals surface area contributed by atoms with Crippen LogP contribution in [-0.4, -0.2) is 75.4 Å². The van der Waals surface area contributed by atoms with Crippen LogP contribution in [0.15, 0.2) is 48.5 Å². The molecule has 0 bridgehead atoms. The Morgan fingerprint density at radius 3 is 2.31 bits per heavy atom. The summed E-state index contributed by atoms with van der Waals surface area (Å²) in [6, 6.07) is 13.6. The van der Waals surface area contributed by atoms with Crippen LogP contribution in [-0.2, 0) is 9.53 Å². The molecule has 1 fully saturated rings. The van der Waals surface area contributed by atoms with E-state index < -0.39 is 49.9 Å². The summed E-state index contributed by atoms with van der Waals surface area (Å²) >= 11 is 0. The fourth-order valence-corrected chi connectivity index (χ4v) is 2.97. The number of hydrogen-bond acceptors (Lipinski definition) is 8. The zero-order valence-corrected chi connectivity index (χ0v) is 15.3. The standard InChI is InChI=1S/C20H22O9/c21-9-15-17(24)18(25)19(26)20(29-15)28-14-4-2-1-3-13(14)11-5-7-12(8-6-11)27-10-16(22)23/h1-8,15,17-21,24-26H,9-10H2,(H,22,23)/t15-,17-,18+,19+,20+/m1/s1. The van der Waals surface area contributed by atoms with E-state index in [-0.39, 0.29) is 0 Å². The van der Waals surface area contributed by atoms with Gasteiger partial charge in [0.1, 0.15) is 35.9 Å². The zero-order valence-electron chi connectivity index (χ0n) is 15.3. The van der Waals surface area contributed by atoms with Gasteiger partial charge in [-0.25, -0.2) is 4.79 Å². The number of benzene rings is 2. The summed E-state index contributed by atoms with van der Waals surface area (Å²) in [4.78, 5) is 10.6. The highest BCUT2D eigenvalue weighted by Gasteiger charge is 2.44. The predicted octanol–water partition coefficient (Wildman–Crippen LogP) is -0.00430. The first-order chi connectivity index (χ1) is 13.9. The Bertz CT molecular complexity index is 821. The summed E-state index contributed by atoms with van der Waals surface area (Å²) in [6.45, 7) is -1.000. The van der Waals surface area contributed by atoms with Crippen molar-refractivity contribution in [1.82, 2.24) is 0 Å². The van der Waals surface area contributed by atoms with Gasteiger partial charge >= 0.3 is 5.97 Å². The van der Waals surface area contributed by atoms with Crippen molar-refractivity contribution in [2.24, 2.45) is 0 Å². The molecule has 0 spiro atoms. The molecule has 1 aliphatic heterocycles. The molecule has 0 saturated carbocycles. The number of aliphatic hydroxyl groups excluding tert-OH is 4. The van der Waals surface area contributed by atoms with Crippen LogP contribution in [0.3, 0.4) is 0 Å². The van der Waals surface area contributed by atoms with Crippen LogP contribution in [0.1, 0.15) is 0 Å². The second-order valence-electron chi connectivity index (χ2n) is 6.52. The highest BCUT2D eigenvalue weighted by molar-refractivity contribution is 5.71. The van der Waals surface area contributed by atoms with E-state index >= 15 is 0 Å². The van der Waals surface area contributed by atoms with Crippen molar-refractivity contribution in [3.05, 3.63) is 48.5 Å². The maximum absolute atomic E-state index is 10.6. The van der Waals surface area contributed by atoms with E-state index in [9.17, 15) is 25.2 Å². The van der Waals surface area contributed by atoms with Gasteiger partial charge in [-0.3, -0.25) is 0 Å². The largest absolute Gasteiger partial charge is 0.482 e. The molecule has 0 radical (unpaired) electrons. The van der Waals surface area contributed by atoms with Gasteiger partial charge in [-0.15, -0.1) is 0 Å². The fourth-order valence-electron chi connectivity index (χ4n) is 2.97. The minimum atomic E-state index is -1.54. The number of carboxylic acids is 1. The predicted molar refractivity (Wildman–Crippen MR) is 99.4 cm³/mol. The number of aliphatic carboxylic acids is 1. The van der Waals surface area contributed by atoms with Crippen LogP contribution >= 0.6 is 0 Å². The van der Waals surface area contributed by atoms with Gasteiger partial charge in [0.05, 0.1) is 6.61 Å². The SMILES string of the molecule is O=C(O)COc1ccc(-c2ccccc2O[C@H]2O[C@H](CO)[C@@H](O)[C@H](O)[C@@H]2O)cc1. The number of rotatable bonds is 7. The Kier molecular flexibility index (Phi) is 6.68. The van der Waals surface area contributed by atoms with Crippen LogP contribution in [0, 0.1) is 0 Å². The summed E-state index contributed by atoms with van der Waals surface area (Å²) in [5.41, 5.74) is 1.38. The third-order valence-corrected chi connectivity index (χ3v) is 4.51. The van der Waals surface area contributed by atoms with Gasteiger partial charge in [-0.05, 0) is 23.8 Å². The maximum Gasteiger partial charge on any atom is 0.341 e. The van der Waals surface area contributed by atoms with Crippen molar-refractivity contribution >= 4 is 5.97 Å². The topological polar surface area (TPSA) is 146 Å². The van der Waals surface area contributed by atoms with E-state index in [2.05, 4.69) is 0 Å². The second kappa shape index (κ2) is 9.21. The average Bonchev–Trinajstić information content (AvgIpc) is 2.73. The van der Waals surface area contributed by atoms with Gasteiger partial charge in [0.25, 0.3) is 0 Å². The minimum absolute atomic E-state index is 0.344. The molecule has 156 valence electrons. The number of hydrogen-bond donors (Lipinski definition) is 5. The summed E-state index contributed by atoms with van der Waals surface area (Å²) in [6.07, 6.45) is -6.90. The van der Waals surface area contributed by atoms with Crippen molar-refractivity contribution in [2.75, 3.05) is 13.2 Å². The van der Waals surface area contributed by atoms with Crippen LogP contribution in [0.5, 0.6) is 11.5 Å². The van der Waals surface area contributed by atoms with E-state index in [1.807, 2.05) is 0 Å². The van der Waals surface area contributed by atoms with E-state index in [0.29, 0.717) is 17.1 Å². The van der Waals surface area contributed by atoms with Crippen LogP contribution in [0.2, 0.25) is 0 Å². The smallest absolute Gasteiger partial charge is 0.341 e. The van der Waals surface area contributed by atoms with E-state index in [1.54, 1.807) is 48.5 Å². The van der Waals surface area contributed by atoms with Crippen molar-refractivity contribution in [3.8, 4) is 22.6 Å². The first kappa shape index (κ1) is 21.0. The minimum Gasteiger partial charge on any atom is -0.482 e. The normalized spacial score (nSPS) is 26.7. The summed E-state index contributed by atoms with van der Waals surface area (Å²) in [5.74, 6) is -0.341. The molecule has 9 heteroatoms. The van der Waals surface area contributed by atoms with E-state index in [4.69, 9.17) is 19.3 Å². The molecule has 5 atom stereocenters. The lowest BCUT2D eigenvalue weighted by molar-refractivity contribution is -0.277. The van der Waals surface area contributed by atoms with Crippen LogP contribution in [0.25, 0.3) is 11.1 Å². The summed E-state index contributed by atoms with van der Waals surface area (Å²) in [7, 11) is 0. The molecule has 1 aliphatic rings. The van der Waals surface area contributed by atoms with Crippen molar-refractivity contribution in [2.45, 2.75) is 30.7 Å². The lowest BCUT2D eigenvalue weighted by Gasteiger charge is -2.39. The Morgan fingerprint density at radius 1 is 0.966 bits per heavy atom. The third-order valence-electron chi connectivity index (χ3n) is 4.51. The zero-order chi connectivity index (χ0) is 21.0. The molecule has 0 unspecified atom stereocenters. The Morgan fingerprint density at radius 2 is 1.66 bits per heavy atom. The second-order valence-corrected chi connectivity index (χ2v) is 6.52. The number of carboxylic acid groups (broad SMARTS) is 1. The fraction of sp³-hybridized carbons (Fsp3) is 0.350. The molecule has 29 heavy (non-hydrogen) atoms. The first-order valence-corrected chi connectivity index (χ1v) is 8.92. The van der Waals surface area contributed by atoms with Gasteiger partial charge in [0, 0.05) is 5.56 Å². The van der Waals surface area contributed by atoms with Crippen molar-refractivity contribution in [3.63, 3.8) is 0 Å². The molecule has 1 heterocycles.